The van der Waals surface area contributed by atoms with Crippen molar-refractivity contribution in [2.45, 2.75) is 40.2 Å². The van der Waals surface area contributed by atoms with Gasteiger partial charge >= 0.3 is 5.63 Å². The molecular formula is C26H27NO6. The molecule has 0 unspecified atom stereocenters. The molecule has 0 spiro atoms. The molecule has 0 fully saturated rings. The molecule has 0 radical (unpaired) electrons. The van der Waals surface area contributed by atoms with Crippen LogP contribution in [0.2, 0.25) is 0 Å². The molecule has 2 aromatic carbocycles. The van der Waals surface area contributed by atoms with Crippen LogP contribution < -0.4 is 20.4 Å². The summed E-state index contributed by atoms with van der Waals surface area (Å²) in [6.45, 7) is 6.12. The molecule has 0 saturated heterocycles. The molecule has 33 heavy (non-hydrogen) atoms. The summed E-state index contributed by atoms with van der Waals surface area (Å²) in [6, 6.07) is 7.48. The number of hydrogen-bond acceptors (Lipinski definition) is 6. The van der Waals surface area contributed by atoms with Crippen molar-refractivity contribution in [1.82, 2.24) is 5.32 Å². The van der Waals surface area contributed by atoms with E-state index in [-0.39, 0.29) is 12.3 Å². The Bertz CT molecular complexity index is 1410. The maximum absolute atomic E-state index is 12.7. The zero-order chi connectivity index (χ0) is 23.7. The largest absolute Gasteiger partial charge is 0.493 e. The van der Waals surface area contributed by atoms with Crippen molar-refractivity contribution in [2.75, 3.05) is 14.2 Å². The van der Waals surface area contributed by atoms with Crippen LogP contribution in [0.3, 0.4) is 0 Å². The third-order valence-corrected chi connectivity index (χ3v) is 6.08. The molecule has 0 aliphatic carbocycles. The molecule has 172 valence electrons. The van der Waals surface area contributed by atoms with Crippen LogP contribution in [0, 0.1) is 20.8 Å². The SMILES string of the molecule is COc1ccc(CNC(=O)CCc2c(C)c3cc4c(C)coc4c(C)c3oc2=O)cc1OC. The quantitative estimate of drug-likeness (QED) is 0.410. The number of nitrogens with one attached hydrogen (secondary N) is 1. The summed E-state index contributed by atoms with van der Waals surface area (Å²) in [7, 11) is 3.14. The lowest BCUT2D eigenvalue weighted by molar-refractivity contribution is -0.121. The number of rotatable bonds is 7. The van der Waals surface area contributed by atoms with E-state index in [0.29, 0.717) is 35.6 Å². The smallest absolute Gasteiger partial charge is 0.339 e. The van der Waals surface area contributed by atoms with Crippen LogP contribution in [-0.4, -0.2) is 20.1 Å². The average Bonchev–Trinajstić information content (AvgIpc) is 3.19. The Hall–Kier alpha value is -3.74. The molecule has 2 aromatic heterocycles. The Balaban J connectivity index is 1.51. The van der Waals surface area contributed by atoms with Crippen molar-refractivity contribution in [3.63, 3.8) is 0 Å². The molecule has 7 heteroatoms. The van der Waals surface area contributed by atoms with Gasteiger partial charge in [0.15, 0.2) is 11.5 Å². The molecule has 0 bridgehead atoms. The molecule has 4 rings (SSSR count). The minimum absolute atomic E-state index is 0.152. The number of ether oxygens (including phenoxy) is 2. The number of amides is 1. The van der Waals surface area contributed by atoms with Crippen LogP contribution in [0.15, 0.2) is 44.2 Å². The third kappa shape index (κ3) is 4.18. The average molecular weight is 450 g/mol. The van der Waals surface area contributed by atoms with E-state index in [1.54, 1.807) is 26.5 Å². The number of methoxy groups -OCH3 is 2. The van der Waals surface area contributed by atoms with Crippen molar-refractivity contribution in [3.8, 4) is 11.5 Å². The first-order valence-electron chi connectivity index (χ1n) is 10.7. The summed E-state index contributed by atoms with van der Waals surface area (Å²) in [5.41, 5.74) is 4.90. The molecule has 2 heterocycles. The van der Waals surface area contributed by atoms with Crippen LogP contribution in [-0.2, 0) is 17.8 Å². The lowest BCUT2D eigenvalue weighted by Crippen LogP contribution is -2.24. The van der Waals surface area contributed by atoms with Gasteiger partial charge in [0.05, 0.1) is 20.5 Å². The fourth-order valence-corrected chi connectivity index (χ4v) is 4.13. The Kier molecular flexibility index (Phi) is 6.14. The van der Waals surface area contributed by atoms with Crippen LogP contribution in [0.4, 0.5) is 0 Å². The zero-order valence-electron chi connectivity index (χ0n) is 19.5. The van der Waals surface area contributed by atoms with Gasteiger partial charge < -0.3 is 23.6 Å². The van der Waals surface area contributed by atoms with Crippen molar-refractivity contribution < 1.29 is 23.1 Å². The van der Waals surface area contributed by atoms with Gasteiger partial charge in [-0.05, 0) is 62.1 Å². The van der Waals surface area contributed by atoms with E-state index in [9.17, 15) is 9.59 Å². The highest BCUT2D eigenvalue weighted by atomic mass is 16.5. The molecule has 0 saturated carbocycles. The lowest BCUT2D eigenvalue weighted by atomic mass is 9.98. The van der Waals surface area contributed by atoms with Gasteiger partial charge in [-0.15, -0.1) is 0 Å². The molecule has 7 nitrogen and oxygen atoms in total. The summed E-state index contributed by atoms with van der Waals surface area (Å²) < 4.78 is 21.8. The first kappa shape index (κ1) is 22.5. The topological polar surface area (TPSA) is 90.9 Å². The second-order valence-electron chi connectivity index (χ2n) is 8.13. The van der Waals surface area contributed by atoms with E-state index < -0.39 is 5.63 Å². The van der Waals surface area contributed by atoms with E-state index in [4.69, 9.17) is 18.3 Å². The van der Waals surface area contributed by atoms with E-state index >= 15 is 0 Å². The number of furan rings is 1. The Morgan fingerprint density at radius 3 is 2.45 bits per heavy atom. The second kappa shape index (κ2) is 9.02. The summed E-state index contributed by atoms with van der Waals surface area (Å²) >= 11 is 0. The standard InChI is InChI=1S/C26H27NO6/c1-14-13-32-24-16(3)25-20(11-19(14)24)15(2)18(26(29)33-25)7-9-23(28)27-12-17-6-8-21(30-4)22(10-17)31-5/h6,8,10-11,13H,7,9,12H2,1-5H3,(H,27,28). The van der Waals surface area contributed by atoms with Crippen molar-refractivity contribution >= 4 is 27.8 Å². The summed E-state index contributed by atoms with van der Waals surface area (Å²) in [4.78, 5) is 25.2. The van der Waals surface area contributed by atoms with E-state index in [0.717, 1.165) is 38.6 Å². The summed E-state index contributed by atoms with van der Waals surface area (Å²) in [5, 5.41) is 4.75. The van der Waals surface area contributed by atoms with Crippen LogP contribution in [0.25, 0.3) is 21.9 Å². The Morgan fingerprint density at radius 1 is 0.970 bits per heavy atom. The fourth-order valence-electron chi connectivity index (χ4n) is 4.13. The molecule has 0 aliphatic heterocycles. The van der Waals surface area contributed by atoms with Crippen LogP contribution >= 0.6 is 0 Å². The van der Waals surface area contributed by atoms with Crippen molar-refractivity contribution in [3.05, 3.63) is 68.8 Å². The number of benzene rings is 2. The van der Waals surface area contributed by atoms with Crippen molar-refractivity contribution in [1.29, 1.82) is 0 Å². The van der Waals surface area contributed by atoms with Gasteiger partial charge in [0.25, 0.3) is 0 Å². The lowest BCUT2D eigenvalue weighted by Gasteiger charge is -2.11. The molecule has 1 N–H and O–H groups in total. The number of hydrogen-bond donors (Lipinski definition) is 1. The fraction of sp³-hybridized carbons (Fsp3) is 0.308. The van der Waals surface area contributed by atoms with Gasteiger partial charge in [-0.3, -0.25) is 4.79 Å². The van der Waals surface area contributed by atoms with Gasteiger partial charge in [-0.2, -0.15) is 0 Å². The molecule has 0 atom stereocenters. The Labute approximate surface area is 191 Å². The highest BCUT2D eigenvalue weighted by molar-refractivity contribution is 5.99. The van der Waals surface area contributed by atoms with Gasteiger partial charge in [0, 0.05) is 34.9 Å². The zero-order valence-corrected chi connectivity index (χ0v) is 19.5. The highest BCUT2D eigenvalue weighted by Gasteiger charge is 2.18. The maximum Gasteiger partial charge on any atom is 0.339 e. The van der Waals surface area contributed by atoms with Gasteiger partial charge in [0.2, 0.25) is 5.91 Å². The first-order chi connectivity index (χ1) is 15.8. The van der Waals surface area contributed by atoms with Gasteiger partial charge in [-0.1, -0.05) is 6.07 Å². The molecule has 4 aromatic rings. The van der Waals surface area contributed by atoms with Crippen LogP contribution in [0.5, 0.6) is 11.5 Å². The van der Waals surface area contributed by atoms with Gasteiger partial charge in [-0.25, -0.2) is 4.79 Å². The summed E-state index contributed by atoms with van der Waals surface area (Å²) in [5.74, 6) is 1.08. The van der Waals surface area contributed by atoms with E-state index in [1.807, 2.05) is 39.0 Å². The first-order valence-corrected chi connectivity index (χ1v) is 10.7. The van der Waals surface area contributed by atoms with Crippen molar-refractivity contribution in [2.24, 2.45) is 0 Å². The molecular weight excluding hydrogens is 422 g/mol. The monoisotopic (exact) mass is 449 g/mol. The normalized spacial score (nSPS) is 11.2. The van der Waals surface area contributed by atoms with E-state index in [2.05, 4.69) is 5.32 Å². The minimum atomic E-state index is -0.418. The number of fused-ring (bicyclic) bond motifs is 2. The number of aryl methyl sites for hydroxylation is 3. The van der Waals surface area contributed by atoms with Gasteiger partial charge in [0.1, 0.15) is 11.2 Å². The second-order valence-corrected chi connectivity index (χ2v) is 8.13. The minimum Gasteiger partial charge on any atom is -0.493 e. The molecule has 1 amide bonds. The molecule has 0 aliphatic rings. The van der Waals surface area contributed by atoms with E-state index in [1.165, 1.54) is 0 Å². The highest BCUT2D eigenvalue weighted by Crippen LogP contribution is 2.33. The van der Waals surface area contributed by atoms with Crippen LogP contribution in [0.1, 0.15) is 34.2 Å². The maximum atomic E-state index is 12.7. The predicted octanol–water partition coefficient (Wildman–Crippen LogP) is 4.73. The third-order valence-electron chi connectivity index (χ3n) is 6.08. The number of carbonyl (C=O) groups excluding carboxylic acids is 1. The number of carbonyl (C=O) groups is 1. The summed E-state index contributed by atoms with van der Waals surface area (Å²) in [6.07, 6.45) is 2.17. The Morgan fingerprint density at radius 2 is 1.73 bits per heavy atom. The predicted molar refractivity (Wildman–Crippen MR) is 126 cm³/mol.